The molecule has 0 aliphatic heterocycles. The summed E-state index contributed by atoms with van der Waals surface area (Å²) in [6.45, 7) is 0.552. The molecule has 152 valence electrons. The Balaban J connectivity index is 1.33. The molecule has 4 aromatic rings. The van der Waals surface area contributed by atoms with Gasteiger partial charge in [-0.15, -0.1) is 0 Å². The van der Waals surface area contributed by atoms with Crippen molar-refractivity contribution in [2.75, 3.05) is 5.32 Å². The summed E-state index contributed by atoms with van der Waals surface area (Å²) < 4.78 is 21.5. The first kappa shape index (κ1) is 20.0. The van der Waals surface area contributed by atoms with E-state index < -0.39 is 0 Å². The third-order valence-corrected chi connectivity index (χ3v) is 5.01. The van der Waals surface area contributed by atoms with Gasteiger partial charge in [-0.1, -0.05) is 28.1 Å². The Bertz CT molecular complexity index is 1140. The monoisotopic (exact) mass is 468 g/mol. The van der Waals surface area contributed by atoms with Crippen LogP contribution in [0.15, 0.2) is 75.9 Å². The Morgan fingerprint density at radius 3 is 2.63 bits per heavy atom. The Labute approximate surface area is 180 Å². The van der Waals surface area contributed by atoms with Gasteiger partial charge in [-0.2, -0.15) is 5.10 Å². The van der Waals surface area contributed by atoms with Crippen molar-refractivity contribution in [2.45, 2.75) is 19.4 Å². The van der Waals surface area contributed by atoms with Gasteiger partial charge in [-0.3, -0.25) is 4.79 Å². The average Bonchev–Trinajstić information content (AvgIpc) is 3.39. The lowest BCUT2D eigenvalue weighted by atomic mass is 10.2. The third kappa shape index (κ3) is 5.01. The summed E-state index contributed by atoms with van der Waals surface area (Å²) in [7, 11) is 0. The Morgan fingerprint density at radius 1 is 1.10 bits per heavy atom. The molecule has 2 aromatic heterocycles. The highest BCUT2D eigenvalue weighted by Crippen LogP contribution is 2.21. The zero-order valence-corrected chi connectivity index (χ0v) is 17.5. The van der Waals surface area contributed by atoms with Crippen LogP contribution in [-0.4, -0.2) is 20.7 Å². The number of hydrogen-bond acceptors (Lipinski definition) is 4. The fourth-order valence-corrected chi connectivity index (χ4v) is 3.19. The predicted octanol–water partition coefficient (Wildman–Crippen LogP) is 5.06. The zero-order valence-electron chi connectivity index (χ0n) is 15.9. The fourth-order valence-electron chi connectivity index (χ4n) is 2.93. The van der Waals surface area contributed by atoms with Crippen molar-refractivity contribution in [3.63, 3.8) is 0 Å². The van der Waals surface area contributed by atoms with Crippen LogP contribution < -0.4 is 5.32 Å². The van der Waals surface area contributed by atoms with E-state index in [4.69, 9.17) is 4.42 Å². The van der Waals surface area contributed by atoms with Crippen LogP contribution in [0.3, 0.4) is 0 Å². The van der Waals surface area contributed by atoms with E-state index in [-0.39, 0.29) is 18.1 Å². The average molecular weight is 469 g/mol. The maximum absolute atomic E-state index is 13.0. The number of halogens is 2. The van der Waals surface area contributed by atoms with Gasteiger partial charge in [0.15, 0.2) is 11.7 Å². The van der Waals surface area contributed by atoms with E-state index in [1.807, 2.05) is 24.3 Å². The molecule has 0 fully saturated rings. The van der Waals surface area contributed by atoms with Gasteiger partial charge in [0.2, 0.25) is 5.91 Å². The molecule has 6 nitrogen and oxygen atoms in total. The van der Waals surface area contributed by atoms with Gasteiger partial charge in [0, 0.05) is 28.9 Å². The van der Waals surface area contributed by atoms with E-state index in [0.717, 1.165) is 15.6 Å². The summed E-state index contributed by atoms with van der Waals surface area (Å²) in [5, 5.41) is 7.16. The molecule has 0 bridgehead atoms. The highest BCUT2D eigenvalue weighted by molar-refractivity contribution is 9.10. The summed E-state index contributed by atoms with van der Waals surface area (Å²) in [6, 6.07) is 15.7. The van der Waals surface area contributed by atoms with E-state index in [9.17, 15) is 9.18 Å². The fraction of sp³-hybridized carbons (Fsp3) is 0.136. The number of rotatable bonds is 7. The number of carbonyl (C=O) groups is 1. The van der Waals surface area contributed by atoms with Crippen molar-refractivity contribution in [3.8, 4) is 11.3 Å². The van der Waals surface area contributed by atoms with Gasteiger partial charge in [0.1, 0.15) is 11.6 Å². The van der Waals surface area contributed by atoms with Gasteiger partial charge in [0.25, 0.3) is 0 Å². The second kappa shape index (κ2) is 9.04. The normalized spacial score (nSPS) is 10.9. The topological polar surface area (TPSA) is 73.0 Å². The summed E-state index contributed by atoms with van der Waals surface area (Å²) in [5.74, 6) is 1.15. The smallest absolute Gasteiger partial charge is 0.226 e. The van der Waals surface area contributed by atoms with Crippen molar-refractivity contribution in [3.05, 3.63) is 88.7 Å². The minimum absolute atomic E-state index is 0.158. The van der Waals surface area contributed by atoms with E-state index in [2.05, 4.69) is 31.3 Å². The molecule has 30 heavy (non-hydrogen) atoms. The highest BCUT2D eigenvalue weighted by Gasteiger charge is 2.11. The van der Waals surface area contributed by atoms with Crippen molar-refractivity contribution in [2.24, 2.45) is 0 Å². The molecule has 0 spiro atoms. The molecule has 8 heteroatoms. The lowest BCUT2D eigenvalue weighted by Crippen LogP contribution is -2.16. The van der Waals surface area contributed by atoms with Crippen molar-refractivity contribution in [1.29, 1.82) is 0 Å². The molecule has 0 saturated heterocycles. The SMILES string of the molecule is O=C(CCc1ncc(-c2ccc(F)cc2)o1)Nc1ccnn1Cc1ccc(Br)cc1. The molecule has 1 amide bonds. The number of aryl methyl sites for hydroxylation is 1. The summed E-state index contributed by atoms with van der Waals surface area (Å²) in [5.41, 5.74) is 1.81. The molecule has 0 aliphatic rings. The van der Waals surface area contributed by atoms with Crippen LogP contribution >= 0.6 is 15.9 Å². The minimum atomic E-state index is -0.311. The summed E-state index contributed by atoms with van der Waals surface area (Å²) in [6.07, 6.45) is 3.80. The second-order valence-corrected chi connectivity index (χ2v) is 7.59. The van der Waals surface area contributed by atoms with Gasteiger partial charge in [0.05, 0.1) is 18.9 Å². The number of carbonyl (C=O) groups excluding carboxylic acids is 1. The Kier molecular flexibility index (Phi) is 6.04. The molecular weight excluding hydrogens is 451 g/mol. The quantitative estimate of drug-likeness (QED) is 0.411. The maximum atomic E-state index is 13.0. The predicted molar refractivity (Wildman–Crippen MR) is 114 cm³/mol. The molecule has 0 saturated carbocycles. The number of oxazole rings is 1. The van der Waals surface area contributed by atoms with Gasteiger partial charge < -0.3 is 9.73 Å². The maximum Gasteiger partial charge on any atom is 0.226 e. The molecule has 0 atom stereocenters. The number of anilines is 1. The van der Waals surface area contributed by atoms with Crippen molar-refractivity contribution >= 4 is 27.7 Å². The van der Waals surface area contributed by atoms with Crippen LogP contribution in [0.5, 0.6) is 0 Å². The van der Waals surface area contributed by atoms with Crippen LogP contribution in [0.1, 0.15) is 17.9 Å². The molecule has 0 radical (unpaired) electrons. The number of aromatic nitrogens is 3. The zero-order chi connectivity index (χ0) is 20.9. The van der Waals surface area contributed by atoms with E-state index in [1.165, 1.54) is 12.1 Å². The Hall–Kier alpha value is -3.26. The summed E-state index contributed by atoms with van der Waals surface area (Å²) >= 11 is 3.42. The van der Waals surface area contributed by atoms with Crippen LogP contribution in [0.4, 0.5) is 10.2 Å². The van der Waals surface area contributed by atoms with Gasteiger partial charge in [-0.05, 0) is 42.0 Å². The molecule has 2 heterocycles. The molecular formula is C22H18BrFN4O2. The Morgan fingerprint density at radius 2 is 1.87 bits per heavy atom. The molecule has 0 aliphatic carbocycles. The van der Waals surface area contributed by atoms with Crippen LogP contribution in [0, 0.1) is 5.82 Å². The van der Waals surface area contributed by atoms with Gasteiger partial charge in [-0.25, -0.2) is 14.1 Å². The van der Waals surface area contributed by atoms with E-state index in [0.29, 0.717) is 30.4 Å². The lowest BCUT2D eigenvalue weighted by Gasteiger charge is -2.09. The number of amides is 1. The molecule has 1 N–H and O–H groups in total. The minimum Gasteiger partial charge on any atom is -0.441 e. The highest BCUT2D eigenvalue weighted by atomic mass is 79.9. The lowest BCUT2D eigenvalue weighted by molar-refractivity contribution is -0.116. The number of benzene rings is 2. The van der Waals surface area contributed by atoms with Crippen LogP contribution in [0.25, 0.3) is 11.3 Å². The van der Waals surface area contributed by atoms with Gasteiger partial charge >= 0.3 is 0 Å². The van der Waals surface area contributed by atoms with Crippen molar-refractivity contribution in [1.82, 2.24) is 14.8 Å². The van der Waals surface area contributed by atoms with Crippen LogP contribution in [0.2, 0.25) is 0 Å². The molecule has 0 unspecified atom stereocenters. The van der Waals surface area contributed by atoms with Crippen LogP contribution in [-0.2, 0) is 17.8 Å². The first-order valence-corrected chi connectivity index (χ1v) is 10.1. The molecule has 2 aromatic carbocycles. The molecule has 4 rings (SSSR count). The van der Waals surface area contributed by atoms with E-state index >= 15 is 0 Å². The number of nitrogens with zero attached hydrogens (tertiary/aromatic N) is 3. The largest absolute Gasteiger partial charge is 0.441 e. The third-order valence-electron chi connectivity index (χ3n) is 4.48. The second-order valence-electron chi connectivity index (χ2n) is 6.67. The number of nitrogens with one attached hydrogen (secondary N) is 1. The standard InChI is InChI=1S/C22H18BrFN4O2/c23-17-5-1-15(2-6-17)14-28-20(11-12-26-28)27-21(29)9-10-22-25-13-19(30-22)16-3-7-18(24)8-4-16/h1-8,11-13H,9-10,14H2,(H,27,29). The first-order valence-electron chi connectivity index (χ1n) is 9.33. The number of hydrogen-bond donors (Lipinski definition) is 1. The summed E-state index contributed by atoms with van der Waals surface area (Å²) in [4.78, 5) is 16.6. The van der Waals surface area contributed by atoms with Crippen molar-refractivity contribution < 1.29 is 13.6 Å². The first-order chi connectivity index (χ1) is 14.6. The van der Waals surface area contributed by atoms with E-state index in [1.54, 1.807) is 35.3 Å².